The van der Waals surface area contributed by atoms with Crippen molar-refractivity contribution in [2.24, 2.45) is 0 Å². The van der Waals surface area contributed by atoms with Crippen LogP contribution in [0.3, 0.4) is 0 Å². The summed E-state index contributed by atoms with van der Waals surface area (Å²) in [5.74, 6) is 0.101. The van der Waals surface area contributed by atoms with Gasteiger partial charge in [0, 0.05) is 10.6 Å². The molecule has 0 aliphatic heterocycles. The highest BCUT2D eigenvalue weighted by molar-refractivity contribution is 6.30. The Bertz CT molecular complexity index is 868. The zero-order chi connectivity index (χ0) is 19.1. The quantitative estimate of drug-likeness (QED) is 0.552. The summed E-state index contributed by atoms with van der Waals surface area (Å²) in [7, 11) is 0. The first kappa shape index (κ1) is 19.0. The van der Waals surface area contributed by atoms with Crippen molar-refractivity contribution in [1.29, 1.82) is 0 Å². The molecule has 0 radical (unpaired) electrons. The summed E-state index contributed by atoms with van der Waals surface area (Å²) in [6, 6.07) is 16.8. The van der Waals surface area contributed by atoms with Crippen molar-refractivity contribution in [3.05, 3.63) is 65.2 Å². The van der Waals surface area contributed by atoms with Crippen LogP contribution in [0.25, 0.3) is 11.4 Å². The summed E-state index contributed by atoms with van der Waals surface area (Å²) in [5.41, 5.74) is 1.72. The molecule has 0 aliphatic carbocycles. The number of hydrogen-bond donors (Lipinski definition) is 0. The Hall–Kier alpha value is -2.77. The standard InChI is InChI=1S/C19H19ClN4O3/c1-2-26-18(25)13-27-17(14-8-10-16(20)11-9-14)12-24-22-19(21-23-24)15-6-4-3-5-7-15/h3-11,17H,2,12-13H2,1H3. The van der Waals surface area contributed by atoms with Crippen LogP contribution in [0.15, 0.2) is 54.6 Å². The van der Waals surface area contributed by atoms with E-state index in [0.717, 1.165) is 11.1 Å². The molecule has 0 amide bonds. The first-order valence-corrected chi connectivity index (χ1v) is 8.89. The number of aromatic nitrogens is 4. The van der Waals surface area contributed by atoms with Crippen LogP contribution in [0, 0.1) is 0 Å². The Morgan fingerprint density at radius 3 is 2.59 bits per heavy atom. The second kappa shape index (κ2) is 9.25. The molecule has 3 aromatic rings. The van der Waals surface area contributed by atoms with Crippen molar-refractivity contribution < 1.29 is 14.3 Å². The summed E-state index contributed by atoms with van der Waals surface area (Å²) in [6.07, 6.45) is -0.454. The molecule has 0 bridgehead atoms. The molecule has 0 fully saturated rings. The van der Waals surface area contributed by atoms with E-state index in [9.17, 15) is 4.79 Å². The fraction of sp³-hybridized carbons (Fsp3) is 0.263. The number of rotatable bonds is 8. The highest BCUT2D eigenvalue weighted by Crippen LogP contribution is 2.22. The van der Waals surface area contributed by atoms with E-state index in [1.807, 2.05) is 42.5 Å². The molecular formula is C19H19ClN4O3. The smallest absolute Gasteiger partial charge is 0.332 e. The number of ether oxygens (including phenoxy) is 2. The van der Waals surface area contributed by atoms with Crippen LogP contribution in [0.5, 0.6) is 0 Å². The number of nitrogens with zero attached hydrogens (tertiary/aromatic N) is 4. The van der Waals surface area contributed by atoms with Gasteiger partial charge in [0.2, 0.25) is 5.82 Å². The van der Waals surface area contributed by atoms with E-state index in [1.54, 1.807) is 19.1 Å². The van der Waals surface area contributed by atoms with Crippen molar-refractivity contribution in [2.45, 2.75) is 19.6 Å². The van der Waals surface area contributed by atoms with Gasteiger partial charge >= 0.3 is 5.97 Å². The lowest BCUT2D eigenvalue weighted by atomic mass is 10.1. The fourth-order valence-corrected chi connectivity index (χ4v) is 2.60. The lowest BCUT2D eigenvalue weighted by Gasteiger charge is -2.17. The second-order valence-corrected chi connectivity index (χ2v) is 6.13. The van der Waals surface area contributed by atoms with E-state index in [0.29, 0.717) is 24.0 Å². The molecule has 3 rings (SSSR count). The van der Waals surface area contributed by atoms with Crippen LogP contribution >= 0.6 is 11.6 Å². The van der Waals surface area contributed by atoms with Gasteiger partial charge in [-0.2, -0.15) is 4.80 Å². The predicted octanol–water partition coefficient (Wildman–Crippen LogP) is 3.31. The number of tetrazole rings is 1. The van der Waals surface area contributed by atoms with Crippen molar-refractivity contribution in [1.82, 2.24) is 20.2 Å². The zero-order valence-corrected chi connectivity index (χ0v) is 15.5. The first-order valence-electron chi connectivity index (χ1n) is 8.51. The van der Waals surface area contributed by atoms with Gasteiger partial charge in [-0.05, 0) is 29.8 Å². The predicted molar refractivity (Wildman–Crippen MR) is 100 cm³/mol. The molecule has 140 valence electrons. The molecule has 27 heavy (non-hydrogen) atoms. The molecule has 0 N–H and O–H groups in total. The number of carbonyl (C=O) groups excluding carboxylic acids is 1. The van der Waals surface area contributed by atoms with Crippen LogP contribution in [-0.4, -0.2) is 39.4 Å². The molecule has 1 aromatic heterocycles. The van der Waals surface area contributed by atoms with Crippen LogP contribution in [0.4, 0.5) is 0 Å². The molecule has 8 heteroatoms. The Kier molecular flexibility index (Phi) is 6.51. The maximum atomic E-state index is 11.7. The van der Waals surface area contributed by atoms with Crippen LogP contribution in [-0.2, 0) is 20.8 Å². The van der Waals surface area contributed by atoms with E-state index in [4.69, 9.17) is 21.1 Å². The highest BCUT2D eigenvalue weighted by Gasteiger charge is 2.18. The molecule has 1 heterocycles. The van der Waals surface area contributed by atoms with Gasteiger partial charge in [-0.1, -0.05) is 54.1 Å². The minimum Gasteiger partial charge on any atom is -0.464 e. The van der Waals surface area contributed by atoms with E-state index in [-0.39, 0.29) is 6.61 Å². The number of benzene rings is 2. The van der Waals surface area contributed by atoms with Crippen LogP contribution in [0.1, 0.15) is 18.6 Å². The molecule has 0 saturated heterocycles. The maximum Gasteiger partial charge on any atom is 0.332 e. The van der Waals surface area contributed by atoms with Gasteiger partial charge in [-0.25, -0.2) is 4.79 Å². The Labute approximate surface area is 161 Å². The summed E-state index contributed by atoms with van der Waals surface area (Å²) in [6.45, 7) is 2.18. The Morgan fingerprint density at radius 1 is 1.15 bits per heavy atom. The van der Waals surface area contributed by atoms with Gasteiger partial charge in [0.15, 0.2) is 0 Å². The first-order chi connectivity index (χ1) is 13.2. The third kappa shape index (κ3) is 5.35. The molecular weight excluding hydrogens is 368 g/mol. The van der Waals surface area contributed by atoms with Crippen molar-refractivity contribution in [3.8, 4) is 11.4 Å². The van der Waals surface area contributed by atoms with E-state index < -0.39 is 12.1 Å². The Balaban J connectivity index is 1.75. The van der Waals surface area contributed by atoms with E-state index >= 15 is 0 Å². The zero-order valence-electron chi connectivity index (χ0n) is 14.8. The number of halogens is 1. The van der Waals surface area contributed by atoms with Gasteiger partial charge in [0.1, 0.15) is 12.7 Å². The fourth-order valence-electron chi connectivity index (χ4n) is 2.47. The second-order valence-electron chi connectivity index (χ2n) is 5.69. The molecule has 1 atom stereocenters. The normalized spacial score (nSPS) is 11.9. The largest absolute Gasteiger partial charge is 0.464 e. The molecule has 0 spiro atoms. The van der Waals surface area contributed by atoms with Gasteiger partial charge in [-0.3, -0.25) is 0 Å². The highest BCUT2D eigenvalue weighted by atomic mass is 35.5. The topological polar surface area (TPSA) is 79.1 Å². The molecule has 2 aromatic carbocycles. The van der Waals surface area contributed by atoms with Crippen molar-refractivity contribution in [2.75, 3.05) is 13.2 Å². The molecule has 1 unspecified atom stereocenters. The van der Waals surface area contributed by atoms with Crippen molar-refractivity contribution in [3.63, 3.8) is 0 Å². The maximum absolute atomic E-state index is 11.7. The van der Waals surface area contributed by atoms with Gasteiger partial charge in [0.05, 0.1) is 13.2 Å². The van der Waals surface area contributed by atoms with E-state index in [2.05, 4.69) is 15.4 Å². The molecule has 7 nitrogen and oxygen atoms in total. The summed E-state index contributed by atoms with van der Waals surface area (Å²) in [5, 5.41) is 13.2. The monoisotopic (exact) mass is 386 g/mol. The third-order valence-electron chi connectivity index (χ3n) is 3.76. The van der Waals surface area contributed by atoms with Gasteiger partial charge in [0.25, 0.3) is 0 Å². The lowest BCUT2D eigenvalue weighted by molar-refractivity contribution is -0.151. The van der Waals surface area contributed by atoms with Crippen LogP contribution in [0.2, 0.25) is 5.02 Å². The minimum absolute atomic E-state index is 0.165. The van der Waals surface area contributed by atoms with Gasteiger partial charge < -0.3 is 9.47 Å². The lowest BCUT2D eigenvalue weighted by Crippen LogP contribution is -2.20. The molecule has 0 saturated carbocycles. The van der Waals surface area contributed by atoms with Crippen LogP contribution < -0.4 is 0 Å². The SMILES string of the molecule is CCOC(=O)COC(Cn1nnc(-c2ccccc2)n1)c1ccc(Cl)cc1. The third-order valence-corrected chi connectivity index (χ3v) is 4.02. The minimum atomic E-state index is -0.454. The summed E-state index contributed by atoms with van der Waals surface area (Å²) >= 11 is 5.96. The molecule has 0 aliphatic rings. The van der Waals surface area contributed by atoms with Gasteiger partial charge in [-0.15, -0.1) is 10.2 Å². The summed E-state index contributed by atoms with van der Waals surface area (Å²) < 4.78 is 10.7. The van der Waals surface area contributed by atoms with Crippen molar-refractivity contribution >= 4 is 17.6 Å². The number of carbonyl (C=O) groups is 1. The Morgan fingerprint density at radius 2 is 1.89 bits per heavy atom. The van der Waals surface area contributed by atoms with E-state index in [1.165, 1.54) is 4.80 Å². The number of esters is 1. The average molecular weight is 387 g/mol. The number of hydrogen-bond acceptors (Lipinski definition) is 6. The average Bonchev–Trinajstić information content (AvgIpc) is 3.15. The summed E-state index contributed by atoms with van der Waals surface area (Å²) in [4.78, 5) is 13.1.